The molecule has 0 heterocycles. The molecule has 3 aromatic rings. The average Bonchev–Trinajstić information content (AvgIpc) is 2.68. The van der Waals surface area contributed by atoms with E-state index in [2.05, 4.69) is 18.1 Å². The largest absolute Gasteiger partial charge is 0.541 e. The molecule has 1 N–H and O–H groups in total. The molecule has 5 heteroatoms. The van der Waals surface area contributed by atoms with E-state index < -0.39 is 7.75 Å². The second-order valence-corrected chi connectivity index (χ2v) is 7.81. The van der Waals surface area contributed by atoms with Crippen LogP contribution in [0.5, 0.6) is 11.5 Å². The van der Waals surface area contributed by atoms with Crippen LogP contribution in [0.2, 0.25) is 0 Å². The number of nitrogens with one attached hydrogen (secondary N) is 1. The number of aryl methyl sites for hydroxylation is 1. The van der Waals surface area contributed by atoms with Gasteiger partial charge in [0.15, 0.2) is 0 Å². The number of hydrogen-bond acceptors (Lipinski definition) is 3. The Hall–Kier alpha value is -2.71. The van der Waals surface area contributed by atoms with E-state index in [9.17, 15) is 4.57 Å². The molecule has 0 aliphatic heterocycles. The van der Waals surface area contributed by atoms with Crippen LogP contribution in [0.15, 0.2) is 84.9 Å². The Kier molecular flexibility index (Phi) is 6.56. The standard InChI is InChI=1S/C22H24NO3P/c1-2-3-11-19-12-10-13-20(18-19)23-27(24,25-21-14-6-4-7-15-21)26-22-16-8-5-9-17-22/h4-10,12-18H,2-3,11H2,1H3,(H,23,24). The van der Waals surface area contributed by atoms with Crippen LogP contribution in [-0.2, 0) is 11.0 Å². The second kappa shape index (κ2) is 9.29. The molecular weight excluding hydrogens is 357 g/mol. The zero-order chi connectivity index (χ0) is 19.0. The first-order valence-electron chi connectivity index (χ1n) is 9.13. The number of benzene rings is 3. The van der Waals surface area contributed by atoms with Crippen molar-refractivity contribution >= 4 is 13.4 Å². The molecule has 0 amide bonds. The maximum absolute atomic E-state index is 13.5. The lowest BCUT2D eigenvalue weighted by Crippen LogP contribution is -2.10. The minimum absolute atomic E-state index is 0.478. The first kappa shape index (κ1) is 19.1. The van der Waals surface area contributed by atoms with Crippen molar-refractivity contribution in [1.29, 1.82) is 0 Å². The number of unbranched alkanes of at least 4 members (excludes halogenated alkanes) is 1. The third-order valence-electron chi connectivity index (χ3n) is 3.95. The van der Waals surface area contributed by atoms with Gasteiger partial charge in [-0.3, -0.25) is 5.09 Å². The lowest BCUT2D eigenvalue weighted by Gasteiger charge is -2.21. The molecule has 0 saturated carbocycles. The average molecular weight is 381 g/mol. The van der Waals surface area contributed by atoms with E-state index >= 15 is 0 Å². The van der Waals surface area contributed by atoms with Gasteiger partial charge in [-0.15, -0.1) is 0 Å². The molecule has 0 aliphatic carbocycles. The van der Waals surface area contributed by atoms with Gasteiger partial charge in [-0.2, -0.15) is 0 Å². The molecule has 0 unspecified atom stereocenters. The Morgan fingerprint density at radius 3 is 1.96 bits per heavy atom. The molecule has 140 valence electrons. The Morgan fingerprint density at radius 1 is 0.815 bits per heavy atom. The fraction of sp³-hybridized carbons (Fsp3) is 0.182. The molecule has 0 aromatic heterocycles. The quantitative estimate of drug-likeness (QED) is 0.419. The highest BCUT2D eigenvalue weighted by Crippen LogP contribution is 2.48. The molecule has 0 fully saturated rings. The van der Waals surface area contributed by atoms with Gasteiger partial charge in [-0.1, -0.05) is 61.9 Å². The van der Waals surface area contributed by atoms with Gasteiger partial charge in [-0.05, 0) is 54.8 Å². The van der Waals surface area contributed by atoms with Crippen LogP contribution in [0.25, 0.3) is 0 Å². The van der Waals surface area contributed by atoms with Crippen LogP contribution in [0.3, 0.4) is 0 Å². The van der Waals surface area contributed by atoms with Crippen molar-refractivity contribution < 1.29 is 13.6 Å². The number of hydrogen-bond donors (Lipinski definition) is 1. The number of anilines is 1. The molecule has 0 radical (unpaired) electrons. The Morgan fingerprint density at radius 2 is 1.41 bits per heavy atom. The Labute approximate surface area is 160 Å². The van der Waals surface area contributed by atoms with Crippen molar-refractivity contribution in [1.82, 2.24) is 0 Å². The van der Waals surface area contributed by atoms with Crippen LogP contribution < -0.4 is 14.1 Å². The minimum Gasteiger partial charge on any atom is -0.400 e. The van der Waals surface area contributed by atoms with Gasteiger partial charge in [-0.25, -0.2) is 4.57 Å². The summed E-state index contributed by atoms with van der Waals surface area (Å²) < 4.78 is 25.0. The number of para-hydroxylation sites is 2. The molecule has 3 rings (SSSR count). The molecule has 0 spiro atoms. The first-order chi connectivity index (χ1) is 13.2. The van der Waals surface area contributed by atoms with E-state index in [4.69, 9.17) is 9.05 Å². The lowest BCUT2D eigenvalue weighted by molar-refractivity contribution is 0.393. The minimum atomic E-state index is -3.68. The van der Waals surface area contributed by atoms with Gasteiger partial charge in [0.2, 0.25) is 0 Å². The lowest BCUT2D eigenvalue weighted by atomic mass is 10.1. The van der Waals surface area contributed by atoms with Gasteiger partial charge >= 0.3 is 7.75 Å². The molecule has 4 nitrogen and oxygen atoms in total. The molecule has 0 saturated heterocycles. The Bertz CT molecular complexity index is 839. The summed E-state index contributed by atoms with van der Waals surface area (Å²) in [5, 5.41) is 2.98. The van der Waals surface area contributed by atoms with Gasteiger partial charge < -0.3 is 9.05 Å². The molecular formula is C22H24NO3P. The predicted molar refractivity (Wildman–Crippen MR) is 110 cm³/mol. The van der Waals surface area contributed by atoms with Gasteiger partial charge in [0.25, 0.3) is 0 Å². The summed E-state index contributed by atoms with van der Waals surface area (Å²) in [6.07, 6.45) is 3.22. The highest BCUT2D eigenvalue weighted by atomic mass is 31.2. The van der Waals surface area contributed by atoms with E-state index in [0.717, 1.165) is 19.3 Å². The summed E-state index contributed by atoms with van der Waals surface area (Å²) in [4.78, 5) is 0. The van der Waals surface area contributed by atoms with Gasteiger partial charge in [0.1, 0.15) is 11.5 Å². The van der Waals surface area contributed by atoms with E-state index in [1.807, 2.05) is 54.6 Å². The summed E-state index contributed by atoms with van der Waals surface area (Å²) in [6, 6.07) is 25.9. The van der Waals surface area contributed by atoms with Crippen molar-refractivity contribution in [2.75, 3.05) is 5.09 Å². The van der Waals surface area contributed by atoms with Crippen molar-refractivity contribution in [3.63, 3.8) is 0 Å². The fourth-order valence-electron chi connectivity index (χ4n) is 2.64. The van der Waals surface area contributed by atoms with Crippen LogP contribution >= 0.6 is 7.75 Å². The van der Waals surface area contributed by atoms with E-state index in [1.165, 1.54) is 5.56 Å². The van der Waals surface area contributed by atoms with E-state index in [0.29, 0.717) is 17.2 Å². The summed E-state index contributed by atoms with van der Waals surface area (Å²) >= 11 is 0. The summed E-state index contributed by atoms with van der Waals surface area (Å²) in [6.45, 7) is 2.16. The predicted octanol–water partition coefficient (Wildman–Crippen LogP) is 6.71. The third-order valence-corrected chi connectivity index (χ3v) is 5.38. The zero-order valence-corrected chi connectivity index (χ0v) is 16.3. The van der Waals surface area contributed by atoms with Gasteiger partial charge in [0, 0.05) is 5.69 Å². The second-order valence-electron chi connectivity index (χ2n) is 6.22. The van der Waals surface area contributed by atoms with Crippen molar-refractivity contribution in [2.24, 2.45) is 0 Å². The third kappa shape index (κ3) is 5.90. The van der Waals surface area contributed by atoms with Crippen LogP contribution in [0.4, 0.5) is 5.69 Å². The highest BCUT2D eigenvalue weighted by molar-refractivity contribution is 7.56. The van der Waals surface area contributed by atoms with E-state index in [1.54, 1.807) is 24.3 Å². The molecule has 0 aliphatic rings. The molecule has 3 aromatic carbocycles. The van der Waals surface area contributed by atoms with E-state index in [-0.39, 0.29) is 0 Å². The maximum Gasteiger partial charge on any atom is 0.541 e. The Balaban J connectivity index is 1.84. The maximum atomic E-state index is 13.5. The van der Waals surface area contributed by atoms with Crippen molar-refractivity contribution in [3.05, 3.63) is 90.5 Å². The summed E-state index contributed by atoms with van der Waals surface area (Å²) in [5.41, 5.74) is 1.90. The summed E-state index contributed by atoms with van der Waals surface area (Å²) in [7, 11) is -3.68. The zero-order valence-electron chi connectivity index (χ0n) is 15.4. The number of rotatable bonds is 9. The van der Waals surface area contributed by atoms with Crippen LogP contribution in [0.1, 0.15) is 25.3 Å². The topological polar surface area (TPSA) is 47.6 Å². The summed E-state index contributed by atoms with van der Waals surface area (Å²) in [5.74, 6) is 0.956. The highest BCUT2D eigenvalue weighted by Gasteiger charge is 2.29. The van der Waals surface area contributed by atoms with Gasteiger partial charge in [0.05, 0.1) is 0 Å². The smallest absolute Gasteiger partial charge is 0.400 e. The normalized spacial score (nSPS) is 11.0. The molecule has 27 heavy (non-hydrogen) atoms. The van der Waals surface area contributed by atoms with Crippen LogP contribution in [0, 0.1) is 0 Å². The fourth-order valence-corrected chi connectivity index (χ4v) is 4.02. The van der Waals surface area contributed by atoms with Crippen molar-refractivity contribution in [3.8, 4) is 11.5 Å². The van der Waals surface area contributed by atoms with Crippen molar-refractivity contribution in [2.45, 2.75) is 26.2 Å². The monoisotopic (exact) mass is 381 g/mol. The van der Waals surface area contributed by atoms with Crippen LogP contribution in [-0.4, -0.2) is 0 Å². The SMILES string of the molecule is CCCCc1cccc(NP(=O)(Oc2ccccc2)Oc2ccccc2)c1. The first-order valence-corrected chi connectivity index (χ1v) is 10.7. The molecule has 0 bridgehead atoms. The molecule has 0 atom stereocenters.